The van der Waals surface area contributed by atoms with Crippen molar-refractivity contribution in [3.63, 3.8) is 0 Å². The number of ether oxygens (including phenoxy) is 2. The van der Waals surface area contributed by atoms with Crippen LogP contribution in [0.15, 0.2) is 18.2 Å². The van der Waals surface area contributed by atoms with Crippen LogP contribution in [0.4, 0.5) is 5.82 Å². The Balaban J connectivity index is 1.90. The first-order valence-corrected chi connectivity index (χ1v) is 7.22. The number of aromatic nitrogens is 1. The highest BCUT2D eigenvalue weighted by Crippen LogP contribution is 2.24. The van der Waals surface area contributed by atoms with Crippen molar-refractivity contribution in [2.45, 2.75) is 51.2 Å². The van der Waals surface area contributed by atoms with E-state index in [0.29, 0.717) is 12.0 Å². The number of nitrogens with zero attached hydrogens (tertiary/aromatic N) is 1. The maximum atomic E-state index is 5.98. The van der Waals surface area contributed by atoms with Crippen LogP contribution in [0.3, 0.4) is 0 Å². The van der Waals surface area contributed by atoms with Crippen LogP contribution in [0.5, 0.6) is 5.88 Å². The van der Waals surface area contributed by atoms with E-state index in [1.54, 1.807) is 7.11 Å². The molecule has 1 saturated carbocycles. The molecule has 1 heterocycles. The minimum absolute atomic E-state index is 0.229. The Kier molecular flexibility index (Phi) is 5.45. The predicted octanol–water partition coefficient (Wildman–Crippen LogP) is 3.24. The molecule has 0 amide bonds. The number of anilines is 1. The fraction of sp³-hybridized carbons (Fsp3) is 0.667. The predicted molar refractivity (Wildman–Crippen MR) is 76.7 cm³/mol. The van der Waals surface area contributed by atoms with Crippen molar-refractivity contribution in [2.24, 2.45) is 0 Å². The van der Waals surface area contributed by atoms with Crippen LogP contribution in [0.25, 0.3) is 0 Å². The van der Waals surface area contributed by atoms with E-state index in [2.05, 4.69) is 17.2 Å². The lowest BCUT2D eigenvalue weighted by Crippen LogP contribution is -2.29. The molecule has 4 heteroatoms. The summed E-state index contributed by atoms with van der Waals surface area (Å²) in [5, 5.41) is 3.28. The van der Waals surface area contributed by atoms with Crippen molar-refractivity contribution >= 4 is 5.82 Å². The first-order chi connectivity index (χ1) is 9.31. The molecule has 4 nitrogen and oxygen atoms in total. The van der Waals surface area contributed by atoms with Crippen molar-refractivity contribution in [1.29, 1.82) is 0 Å². The number of rotatable bonds is 6. The van der Waals surface area contributed by atoms with Gasteiger partial charge >= 0.3 is 0 Å². The number of nitrogens with one attached hydrogen (secondary N) is 1. The monoisotopic (exact) mass is 264 g/mol. The van der Waals surface area contributed by atoms with Gasteiger partial charge in [0.05, 0.1) is 6.10 Å². The average molecular weight is 264 g/mol. The fourth-order valence-corrected chi connectivity index (χ4v) is 2.43. The normalized spacial score (nSPS) is 23.1. The van der Waals surface area contributed by atoms with Gasteiger partial charge in [-0.15, -0.1) is 0 Å². The van der Waals surface area contributed by atoms with Crippen molar-refractivity contribution in [1.82, 2.24) is 4.98 Å². The quantitative estimate of drug-likeness (QED) is 0.856. The highest BCUT2D eigenvalue weighted by molar-refractivity contribution is 5.36. The highest BCUT2D eigenvalue weighted by Gasteiger charge is 2.23. The van der Waals surface area contributed by atoms with E-state index in [1.165, 1.54) is 0 Å². The van der Waals surface area contributed by atoms with Crippen LogP contribution in [0.2, 0.25) is 0 Å². The zero-order valence-electron chi connectivity index (χ0n) is 11.9. The molecule has 2 unspecified atom stereocenters. The van der Waals surface area contributed by atoms with Crippen LogP contribution in [0.1, 0.15) is 39.0 Å². The second kappa shape index (κ2) is 7.34. The van der Waals surface area contributed by atoms with Crippen molar-refractivity contribution < 1.29 is 9.47 Å². The molecule has 0 aliphatic heterocycles. The van der Waals surface area contributed by atoms with Crippen LogP contribution in [-0.2, 0) is 4.74 Å². The summed E-state index contributed by atoms with van der Waals surface area (Å²) in [7, 11) is 1.78. The minimum Gasteiger partial charge on any atom is -0.474 e. The summed E-state index contributed by atoms with van der Waals surface area (Å²) < 4.78 is 11.4. The fourth-order valence-electron chi connectivity index (χ4n) is 2.43. The van der Waals surface area contributed by atoms with Crippen molar-refractivity contribution in [3.8, 4) is 5.88 Å². The first-order valence-electron chi connectivity index (χ1n) is 7.22. The van der Waals surface area contributed by atoms with Gasteiger partial charge < -0.3 is 14.8 Å². The molecule has 2 atom stereocenters. The van der Waals surface area contributed by atoms with E-state index in [9.17, 15) is 0 Å². The summed E-state index contributed by atoms with van der Waals surface area (Å²) in [6.45, 7) is 3.08. The third-order valence-corrected chi connectivity index (χ3v) is 3.48. The van der Waals surface area contributed by atoms with Gasteiger partial charge in [-0.2, -0.15) is 4.98 Å². The van der Waals surface area contributed by atoms with Gasteiger partial charge in [-0.25, -0.2) is 0 Å². The molecular formula is C15H24N2O2. The Morgan fingerprint density at radius 2 is 2.16 bits per heavy atom. The van der Waals surface area contributed by atoms with Crippen LogP contribution in [0, 0.1) is 0 Å². The second-order valence-electron chi connectivity index (χ2n) is 5.05. The lowest BCUT2D eigenvalue weighted by atomic mass is 9.95. The molecule has 0 aromatic carbocycles. The average Bonchev–Trinajstić information content (AvgIpc) is 2.46. The first kappa shape index (κ1) is 14.1. The molecule has 106 valence electrons. The lowest BCUT2D eigenvalue weighted by Gasteiger charge is -2.28. The largest absolute Gasteiger partial charge is 0.474 e. The van der Waals surface area contributed by atoms with Crippen LogP contribution < -0.4 is 10.1 Å². The van der Waals surface area contributed by atoms with E-state index >= 15 is 0 Å². The maximum Gasteiger partial charge on any atom is 0.215 e. The topological polar surface area (TPSA) is 43.4 Å². The molecule has 0 spiro atoms. The summed E-state index contributed by atoms with van der Waals surface area (Å²) in [4.78, 5) is 4.48. The molecule has 1 aliphatic carbocycles. The molecule has 2 rings (SSSR count). The maximum absolute atomic E-state index is 5.98. The van der Waals surface area contributed by atoms with Gasteiger partial charge in [0.15, 0.2) is 0 Å². The Hall–Kier alpha value is -1.29. The molecule has 1 aromatic heterocycles. The molecule has 19 heavy (non-hydrogen) atoms. The summed E-state index contributed by atoms with van der Waals surface area (Å²) in [5.41, 5.74) is 0. The molecule has 1 fully saturated rings. The molecule has 0 bridgehead atoms. The van der Waals surface area contributed by atoms with Gasteiger partial charge in [0.1, 0.15) is 11.9 Å². The zero-order valence-corrected chi connectivity index (χ0v) is 11.9. The van der Waals surface area contributed by atoms with Crippen molar-refractivity contribution in [3.05, 3.63) is 18.2 Å². The van der Waals surface area contributed by atoms with E-state index in [4.69, 9.17) is 9.47 Å². The summed E-state index contributed by atoms with van der Waals surface area (Å²) in [5.74, 6) is 1.60. The minimum atomic E-state index is 0.229. The van der Waals surface area contributed by atoms with E-state index in [0.717, 1.165) is 44.5 Å². The Morgan fingerprint density at radius 1 is 1.32 bits per heavy atom. The number of hydrogen-bond acceptors (Lipinski definition) is 4. The SMILES string of the molecule is CCCNc1cccc(OC2CCCC(OC)C2)n1. The van der Waals surface area contributed by atoms with E-state index < -0.39 is 0 Å². The molecule has 1 aliphatic rings. The summed E-state index contributed by atoms with van der Waals surface area (Å²) >= 11 is 0. The van der Waals surface area contributed by atoms with Crippen LogP contribution >= 0.6 is 0 Å². The molecule has 0 saturated heterocycles. The lowest BCUT2D eigenvalue weighted by molar-refractivity contribution is 0.0195. The summed E-state index contributed by atoms with van der Waals surface area (Å²) in [6.07, 6.45) is 6.01. The van der Waals surface area contributed by atoms with Gasteiger partial charge in [-0.3, -0.25) is 0 Å². The van der Waals surface area contributed by atoms with Gasteiger partial charge in [0.2, 0.25) is 5.88 Å². The van der Waals surface area contributed by atoms with E-state index in [-0.39, 0.29) is 6.10 Å². The molecule has 1 N–H and O–H groups in total. The Labute approximate surface area is 115 Å². The Bertz CT molecular complexity index is 384. The second-order valence-corrected chi connectivity index (χ2v) is 5.05. The number of pyridine rings is 1. The van der Waals surface area contributed by atoms with Gasteiger partial charge in [0.25, 0.3) is 0 Å². The smallest absolute Gasteiger partial charge is 0.215 e. The van der Waals surface area contributed by atoms with Gasteiger partial charge in [0, 0.05) is 26.1 Å². The number of hydrogen-bond donors (Lipinski definition) is 1. The number of methoxy groups -OCH3 is 1. The Morgan fingerprint density at radius 3 is 2.95 bits per heavy atom. The molecule has 1 aromatic rings. The highest BCUT2D eigenvalue weighted by atomic mass is 16.5. The third-order valence-electron chi connectivity index (χ3n) is 3.48. The molecular weight excluding hydrogens is 240 g/mol. The van der Waals surface area contributed by atoms with Crippen LogP contribution in [-0.4, -0.2) is 30.8 Å². The van der Waals surface area contributed by atoms with Crippen molar-refractivity contribution in [2.75, 3.05) is 19.0 Å². The zero-order chi connectivity index (χ0) is 13.5. The van der Waals surface area contributed by atoms with E-state index in [1.807, 2.05) is 18.2 Å². The van der Waals surface area contributed by atoms with Gasteiger partial charge in [-0.1, -0.05) is 13.0 Å². The third kappa shape index (κ3) is 4.39. The van der Waals surface area contributed by atoms with Gasteiger partial charge in [-0.05, 0) is 31.7 Å². The summed E-state index contributed by atoms with van der Waals surface area (Å²) in [6, 6.07) is 5.88. The standard InChI is InChI=1S/C15H24N2O2/c1-3-10-16-14-8-5-9-15(17-14)19-13-7-4-6-12(11-13)18-2/h5,8-9,12-13H,3-4,6-7,10-11H2,1-2H3,(H,16,17). The molecule has 0 radical (unpaired) electrons.